The van der Waals surface area contributed by atoms with Gasteiger partial charge in [0.1, 0.15) is 6.54 Å². The van der Waals surface area contributed by atoms with E-state index in [1.807, 2.05) is 0 Å². The number of carbonyl (C=O) groups excluding carboxylic acids is 4. The quantitative estimate of drug-likeness (QED) is 0.0631. The van der Waals surface area contributed by atoms with Crippen LogP contribution in [0.25, 0.3) is 0 Å². The molecule has 0 aromatic carbocycles. The van der Waals surface area contributed by atoms with E-state index in [1.54, 1.807) is 12.5 Å². The fourth-order valence-corrected chi connectivity index (χ4v) is 3.58. The second-order valence-corrected chi connectivity index (χ2v) is 9.93. The Morgan fingerprint density at radius 3 is 1.66 bits per heavy atom. The maximum atomic E-state index is 12.1. The number of unbranched alkanes of at least 4 members (excludes halogenated alkanes) is 10. The molecule has 242 valence electrons. The van der Waals surface area contributed by atoms with Crippen molar-refractivity contribution < 1.29 is 24.4 Å². The van der Waals surface area contributed by atoms with Gasteiger partial charge in [0.05, 0.1) is 5.82 Å². The number of nitrogens with zero attached hydrogens (tertiary/aromatic N) is 1. The third kappa shape index (κ3) is 35.2. The third-order valence-corrected chi connectivity index (χ3v) is 6.11. The topological polar surface area (TPSA) is 166 Å². The van der Waals surface area contributed by atoms with Crippen molar-refractivity contribution >= 4 is 23.6 Å². The molecule has 0 saturated heterocycles. The van der Waals surface area contributed by atoms with Crippen LogP contribution in [0.2, 0.25) is 0 Å². The van der Waals surface area contributed by atoms with Crippen molar-refractivity contribution in [1.29, 1.82) is 0 Å². The van der Waals surface area contributed by atoms with E-state index in [9.17, 15) is 19.2 Å². The average molecular weight is 587 g/mol. The van der Waals surface area contributed by atoms with Crippen molar-refractivity contribution in [3.8, 4) is 0 Å². The Bertz CT molecular complexity index is 674. The van der Waals surface area contributed by atoms with E-state index in [1.165, 1.54) is 63.3 Å². The molecule has 0 spiro atoms. The Kier molecular flexibility index (Phi) is 34.7. The highest BCUT2D eigenvalue weighted by molar-refractivity contribution is 5.87. The monoisotopic (exact) mass is 586 g/mol. The fraction of sp³-hybridized carbons (Fsp3) is 0.800. The van der Waals surface area contributed by atoms with Crippen LogP contribution >= 0.6 is 0 Å². The van der Waals surface area contributed by atoms with E-state index in [-0.39, 0.29) is 37.1 Å². The van der Waals surface area contributed by atoms with Gasteiger partial charge in [0.15, 0.2) is 0 Å². The molecule has 0 aromatic heterocycles. The number of nitrogens with one attached hydrogen (secondary N) is 4. The van der Waals surface area contributed by atoms with E-state index >= 15 is 0 Å². The predicted octanol–water partition coefficient (Wildman–Crippen LogP) is 4.11. The predicted molar refractivity (Wildman–Crippen MR) is 167 cm³/mol. The van der Waals surface area contributed by atoms with E-state index in [4.69, 9.17) is 10.9 Å². The smallest absolute Gasteiger partial charge is 0.262 e. The fourth-order valence-electron chi connectivity index (χ4n) is 3.58. The Labute approximate surface area is 249 Å². The molecule has 11 nitrogen and oxygen atoms in total. The van der Waals surface area contributed by atoms with Crippen LogP contribution in [-0.2, 0) is 19.2 Å². The Morgan fingerprint density at radius 1 is 0.683 bits per heavy atom. The third-order valence-electron chi connectivity index (χ3n) is 6.11. The molecule has 0 aliphatic rings. The average Bonchev–Trinajstić information content (AvgIpc) is 2.96. The highest BCUT2D eigenvalue weighted by Gasteiger charge is 2.17. The molecule has 7 N–H and O–H groups in total. The van der Waals surface area contributed by atoms with Crippen LogP contribution in [0.15, 0.2) is 12.4 Å². The summed E-state index contributed by atoms with van der Waals surface area (Å²) in [4.78, 5) is 46.8. The lowest BCUT2D eigenvalue weighted by molar-refractivity contribution is -0.140. The molecule has 0 rings (SSSR count). The second kappa shape index (κ2) is 33.4. The van der Waals surface area contributed by atoms with Gasteiger partial charge in [0, 0.05) is 46.4 Å². The zero-order chi connectivity index (χ0) is 31.7. The van der Waals surface area contributed by atoms with E-state index in [0.29, 0.717) is 18.8 Å². The van der Waals surface area contributed by atoms with E-state index < -0.39 is 5.91 Å². The molecule has 0 heterocycles. The van der Waals surface area contributed by atoms with Crippen LogP contribution < -0.4 is 27.2 Å². The van der Waals surface area contributed by atoms with Gasteiger partial charge in [-0.2, -0.15) is 0 Å². The normalized spacial score (nSPS) is 9.71. The lowest BCUT2D eigenvalue weighted by Crippen LogP contribution is -2.40. The van der Waals surface area contributed by atoms with Crippen molar-refractivity contribution in [2.24, 2.45) is 5.73 Å². The Balaban J connectivity index is -0.000000700. The molecule has 41 heavy (non-hydrogen) atoms. The molecule has 0 aliphatic heterocycles. The van der Waals surface area contributed by atoms with Gasteiger partial charge in [-0.25, -0.2) is 5.48 Å². The molecule has 0 radical (unpaired) electrons. The van der Waals surface area contributed by atoms with Gasteiger partial charge in [-0.15, -0.1) is 0 Å². The minimum atomic E-state index is -0.622. The summed E-state index contributed by atoms with van der Waals surface area (Å²) in [5.41, 5.74) is 6.82. The SMILES string of the molecule is C=C(N)NCCCCC(=O)NC.CCCCC.CCCCCCCCCCN(CC(=O)NO)C(=O)CCC(=O)NC. The molecular weight excluding hydrogens is 524 g/mol. The number of amides is 4. The van der Waals surface area contributed by atoms with Gasteiger partial charge in [0.2, 0.25) is 17.7 Å². The van der Waals surface area contributed by atoms with Gasteiger partial charge in [-0.1, -0.05) is 91.6 Å². The highest BCUT2D eigenvalue weighted by Crippen LogP contribution is 2.09. The van der Waals surface area contributed by atoms with Gasteiger partial charge >= 0.3 is 0 Å². The first kappa shape index (κ1) is 42.6. The molecule has 0 bridgehead atoms. The minimum Gasteiger partial charge on any atom is -0.386 e. The maximum absolute atomic E-state index is 12.1. The van der Waals surface area contributed by atoms with Gasteiger partial charge in [0.25, 0.3) is 5.91 Å². The molecular formula is C30H62N6O5. The molecule has 0 atom stereocenters. The Hall–Kier alpha value is -2.82. The number of rotatable bonds is 22. The van der Waals surface area contributed by atoms with Crippen molar-refractivity contribution in [1.82, 2.24) is 26.3 Å². The standard InChI is InChI=1S/C17H33N3O4.C8H17N3O.C5H12/c1-3-4-5-6-7-8-9-10-13-20(14-16(22)19-24)17(23)12-11-15(21)18-2;1-7(9)11-6-4-3-5-8(12)10-2;1-3-5-4-2/h24H,3-14H2,1-2H3,(H,18,21)(H,19,22);11H,1,3-6,9H2,2H3,(H,10,12);3-5H2,1-2H3. The number of carbonyl (C=O) groups is 4. The van der Waals surface area contributed by atoms with Crippen LogP contribution in [0.4, 0.5) is 0 Å². The van der Waals surface area contributed by atoms with Crippen molar-refractivity contribution in [2.45, 2.75) is 124 Å². The number of hydrogen-bond acceptors (Lipinski definition) is 7. The van der Waals surface area contributed by atoms with Gasteiger partial charge in [-0.3, -0.25) is 24.4 Å². The second-order valence-electron chi connectivity index (χ2n) is 9.93. The number of nitrogens with two attached hydrogens (primary N) is 1. The first-order valence-electron chi connectivity index (χ1n) is 15.4. The van der Waals surface area contributed by atoms with Crippen molar-refractivity contribution in [3.05, 3.63) is 12.4 Å². The number of hydroxylamine groups is 1. The largest absolute Gasteiger partial charge is 0.386 e. The van der Waals surface area contributed by atoms with Gasteiger partial charge in [-0.05, 0) is 19.3 Å². The van der Waals surface area contributed by atoms with E-state index in [2.05, 4.69) is 43.3 Å². The molecule has 0 fully saturated rings. The van der Waals surface area contributed by atoms with Gasteiger partial charge < -0.3 is 26.6 Å². The van der Waals surface area contributed by atoms with Crippen LogP contribution in [0.5, 0.6) is 0 Å². The first-order chi connectivity index (χ1) is 19.6. The van der Waals surface area contributed by atoms with Crippen LogP contribution in [0.1, 0.15) is 124 Å². The summed E-state index contributed by atoms with van der Waals surface area (Å²) in [6, 6.07) is 0. The van der Waals surface area contributed by atoms with E-state index in [0.717, 1.165) is 38.6 Å². The molecule has 4 amide bonds. The van der Waals surface area contributed by atoms with Crippen LogP contribution in [-0.4, -0.2) is 67.5 Å². The highest BCUT2D eigenvalue weighted by atomic mass is 16.5. The molecule has 11 heteroatoms. The molecule has 0 saturated carbocycles. The molecule has 0 aliphatic carbocycles. The van der Waals surface area contributed by atoms with Crippen LogP contribution in [0, 0.1) is 0 Å². The maximum Gasteiger partial charge on any atom is 0.262 e. The zero-order valence-corrected chi connectivity index (χ0v) is 26.7. The zero-order valence-electron chi connectivity index (χ0n) is 26.7. The summed E-state index contributed by atoms with van der Waals surface area (Å²) in [6.07, 6.45) is 15.8. The first-order valence-corrected chi connectivity index (χ1v) is 15.4. The molecule has 0 aromatic rings. The van der Waals surface area contributed by atoms with Crippen LogP contribution in [0.3, 0.4) is 0 Å². The summed E-state index contributed by atoms with van der Waals surface area (Å²) in [5.74, 6) is -0.508. The lowest BCUT2D eigenvalue weighted by atomic mass is 10.1. The summed E-state index contributed by atoms with van der Waals surface area (Å²) in [7, 11) is 3.16. The number of hydrogen-bond donors (Lipinski definition) is 6. The van der Waals surface area contributed by atoms with Crippen molar-refractivity contribution in [2.75, 3.05) is 33.7 Å². The summed E-state index contributed by atoms with van der Waals surface area (Å²) in [6.45, 7) is 11.2. The Morgan fingerprint density at radius 2 is 1.20 bits per heavy atom. The molecule has 0 unspecified atom stereocenters. The summed E-state index contributed by atoms with van der Waals surface area (Å²) < 4.78 is 0. The minimum absolute atomic E-state index is 0.0649. The lowest BCUT2D eigenvalue weighted by Gasteiger charge is -2.21. The summed E-state index contributed by atoms with van der Waals surface area (Å²) in [5, 5.41) is 16.5. The summed E-state index contributed by atoms with van der Waals surface area (Å²) >= 11 is 0. The van der Waals surface area contributed by atoms with Crippen molar-refractivity contribution in [3.63, 3.8) is 0 Å².